The number of nitrogens with two attached hydrogens (primary N) is 1. The molecular weight excluding hydrogens is 300 g/mol. The lowest BCUT2D eigenvalue weighted by atomic mass is 10.2. The summed E-state index contributed by atoms with van der Waals surface area (Å²) in [6.07, 6.45) is 0.488. The van der Waals surface area contributed by atoms with Gasteiger partial charge in [-0.3, -0.25) is 4.79 Å². The van der Waals surface area contributed by atoms with E-state index in [0.717, 1.165) is 22.2 Å². The maximum Gasteiger partial charge on any atom is 0.320 e. The molecule has 0 aromatic carbocycles. The second-order valence-electron chi connectivity index (χ2n) is 3.94. The van der Waals surface area contributed by atoms with Crippen LogP contribution >= 0.6 is 34.4 Å². The van der Waals surface area contributed by atoms with Gasteiger partial charge in [-0.2, -0.15) is 23.1 Å². The molecule has 0 radical (unpaired) electrons. The third-order valence-electron chi connectivity index (χ3n) is 2.46. The van der Waals surface area contributed by atoms with Crippen LogP contribution in [0.4, 0.5) is 0 Å². The molecule has 0 amide bonds. The van der Waals surface area contributed by atoms with Crippen molar-refractivity contribution < 1.29 is 9.90 Å². The maximum atomic E-state index is 10.6. The molecule has 2 aromatic rings. The Hall–Kier alpha value is -0.890. The normalized spacial score (nSPS) is 12.5. The van der Waals surface area contributed by atoms with Crippen LogP contribution in [-0.4, -0.2) is 27.9 Å². The highest BCUT2D eigenvalue weighted by Gasteiger charge is 2.11. The van der Waals surface area contributed by atoms with Gasteiger partial charge in [-0.15, -0.1) is 11.3 Å². The number of nitrogens with zero attached hydrogens (tertiary/aromatic N) is 1. The van der Waals surface area contributed by atoms with E-state index in [0.29, 0.717) is 6.42 Å². The molecule has 2 rings (SSSR count). The summed E-state index contributed by atoms with van der Waals surface area (Å²) >= 11 is 4.97. The van der Waals surface area contributed by atoms with Gasteiger partial charge < -0.3 is 10.8 Å². The fourth-order valence-corrected chi connectivity index (χ4v) is 3.96. The molecule has 0 aliphatic carbocycles. The molecular formula is C12H14N2O2S3. The van der Waals surface area contributed by atoms with E-state index in [1.165, 1.54) is 5.56 Å². The number of carboxylic acid groups (broad SMARTS) is 1. The molecule has 19 heavy (non-hydrogen) atoms. The zero-order valence-electron chi connectivity index (χ0n) is 10.1. The first-order valence-electron chi connectivity index (χ1n) is 5.70. The Morgan fingerprint density at radius 2 is 2.37 bits per heavy atom. The van der Waals surface area contributed by atoms with Crippen LogP contribution in [-0.2, 0) is 10.5 Å². The maximum absolute atomic E-state index is 10.6. The van der Waals surface area contributed by atoms with Crippen molar-refractivity contribution in [3.05, 3.63) is 27.9 Å². The average molecular weight is 314 g/mol. The predicted octanol–water partition coefficient (Wildman–Crippen LogP) is 2.91. The Morgan fingerprint density at radius 1 is 1.53 bits per heavy atom. The number of carbonyl (C=O) groups is 1. The molecule has 3 N–H and O–H groups in total. The molecule has 7 heteroatoms. The molecule has 0 saturated heterocycles. The molecule has 4 nitrogen and oxygen atoms in total. The van der Waals surface area contributed by atoms with Gasteiger partial charge in [0.1, 0.15) is 11.0 Å². The average Bonchev–Trinajstić information content (AvgIpc) is 3.04. The first kappa shape index (κ1) is 14.5. The fraction of sp³-hybridized carbons (Fsp3) is 0.333. The minimum atomic E-state index is -0.936. The van der Waals surface area contributed by atoms with Crippen molar-refractivity contribution >= 4 is 40.4 Å². The topological polar surface area (TPSA) is 76.2 Å². The van der Waals surface area contributed by atoms with Crippen LogP contribution in [0.25, 0.3) is 10.6 Å². The molecule has 0 aliphatic rings. The summed E-state index contributed by atoms with van der Waals surface area (Å²) in [7, 11) is 0. The van der Waals surface area contributed by atoms with E-state index in [2.05, 4.69) is 21.8 Å². The Bertz CT molecular complexity index is 525. The Labute approximate surface area is 123 Å². The Morgan fingerprint density at radius 3 is 3.05 bits per heavy atom. The van der Waals surface area contributed by atoms with E-state index in [1.807, 2.05) is 5.38 Å². The summed E-state index contributed by atoms with van der Waals surface area (Å²) in [4.78, 5) is 15.1. The van der Waals surface area contributed by atoms with Crippen LogP contribution in [0.3, 0.4) is 0 Å². The van der Waals surface area contributed by atoms with Crippen LogP contribution in [0.15, 0.2) is 22.2 Å². The van der Waals surface area contributed by atoms with Crippen molar-refractivity contribution in [3.63, 3.8) is 0 Å². The monoisotopic (exact) mass is 314 g/mol. The summed E-state index contributed by atoms with van der Waals surface area (Å²) in [6.45, 7) is 0. The third kappa shape index (κ3) is 4.31. The number of rotatable bonds is 7. The van der Waals surface area contributed by atoms with Crippen molar-refractivity contribution in [1.82, 2.24) is 4.98 Å². The summed E-state index contributed by atoms with van der Waals surface area (Å²) < 4.78 is 0. The lowest BCUT2D eigenvalue weighted by Gasteiger charge is -2.04. The molecule has 0 aliphatic heterocycles. The molecule has 0 bridgehead atoms. The predicted molar refractivity (Wildman–Crippen MR) is 81.8 cm³/mol. The second kappa shape index (κ2) is 7.04. The Kier molecular flexibility index (Phi) is 5.38. The van der Waals surface area contributed by atoms with Crippen molar-refractivity contribution in [2.24, 2.45) is 5.73 Å². The van der Waals surface area contributed by atoms with Crippen molar-refractivity contribution in [2.45, 2.75) is 18.2 Å². The van der Waals surface area contributed by atoms with Crippen LogP contribution in [0.1, 0.15) is 12.1 Å². The summed E-state index contributed by atoms with van der Waals surface area (Å²) in [5.74, 6) is 0.597. The zero-order valence-corrected chi connectivity index (χ0v) is 12.6. The molecule has 0 spiro atoms. The summed E-state index contributed by atoms with van der Waals surface area (Å²) in [6, 6.07) is 1.30. The van der Waals surface area contributed by atoms with Crippen LogP contribution in [0.2, 0.25) is 0 Å². The molecule has 2 heterocycles. The largest absolute Gasteiger partial charge is 0.480 e. The molecule has 2 aromatic heterocycles. The highest BCUT2D eigenvalue weighted by atomic mass is 32.2. The van der Waals surface area contributed by atoms with E-state index < -0.39 is 12.0 Å². The molecule has 1 unspecified atom stereocenters. The van der Waals surface area contributed by atoms with Gasteiger partial charge in [-0.1, -0.05) is 0 Å². The van der Waals surface area contributed by atoms with Gasteiger partial charge in [0.15, 0.2) is 0 Å². The molecule has 102 valence electrons. The minimum Gasteiger partial charge on any atom is -0.480 e. The van der Waals surface area contributed by atoms with E-state index in [1.54, 1.807) is 34.4 Å². The number of carboxylic acids is 1. The van der Waals surface area contributed by atoms with Gasteiger partial charge in [0.25, 0.3) is 0 Å². The quantitative estimate of drug-likeness (QED) is 0.769. The van der Waals surface area contributed by atoms with Crippen molar-refractivity contribution in [3.8, 4) is 10.6 Å². The lowest BCUT2D eigenvalue weighted by Crippen LogP contribution is -2.30. The summed E-state index contributed by atoms with van der Waals surface area (Å²) in [5, 5.41) is 15.9. The number of aromatic nitrogens is 1. The fourth-order valence-electron chi connectivity index (χ4n) is 1.40. The molecule has 0 fully saturated rings. The minimum absolute atomic E-state index is 0.488. The number of aliphatic carboxylic acids is 1. The number of hydrogen-bond acceptors (Lipinski definition) is 6. The third-order valence-corrected chi connectivity index (χ3v) is 5.11. The number of thioether (sulfide) groups is 1. The first-order valence-corrected chi connectivity index (χ1v) is 8.67. The van der Waals surface area contributed by atoms with Crippen LogP contribution in [0, 0.1) is 0 Å². The van der Waals surface area contributed by atoms with E-state index >= 15 is 0 Å². The standard InChI is InChI=1S/C12H14N2O2S3/c13-10(12(15)16)2-4-18-6-9-7-19-11(14-9)8-1-3-17-5-8/h1,3,5,7,10H,2,4,6,13H2,(H,15,16). The number of thiazole rings is 1. The highest BCUT2D eigenvalue weighted by molar-refractivity contribution is 7.98. The molecule has 1 atom stereocenters. The van der Waals surface area contributed by atoms with Crippen LogP contribution < -0.4 is 5.73 Å². The number of thiophene rings is 1. The van der Waals surface area contributed by atoms with Gasteiger partial charge >= 0.3 is 5.97 Å². The van der Waals surface area contributed by atoms with E-state index in [9.17, 15) is 4.79 Å². The summed E-state index contributed by atoms with van der Waals surface area (Å²) in [5.41, 5.74) is 7.65. The zero-order chi connectivity index (χ0) is 13.7. The second-order valence-corrected chi connectivity index (χ2v) is 6.69. The Balaban J connectivity index is 1.77. The van der Waals surface area contributed by atoms with Crippen LogP contribution in [0.5, 0.6) is 0 Å². The van der Waals surface area contributed by atoms with Gasteiger partial charge in [-0.25, -0.2) is 4.98 Å². The van der Waals surface area contributed by atoms with Gasteiger partial charge in [-0.05, 0) is 23.6 Å². The highest BCUT2D eigenvalue weighted by Crippen LogP contribution is 2.27. The smallest absolute Gasteiger partial charge is 0.320 e. The molecule has 0 saturated carbocycles. The SMILES string of the molecule is NC(CCSCc1csc(-c2ccsc2)n1)C(=O)O. The van der Waals surface area contributed by atoms with E-state index in [4.69, 9.17) is 10.8 Å². The van der Waals surface area contributed by atoms with Gasteiger partial charge in [0.05, 0.1) is 5.69 Å². The first-order chi connectivity index (χ1) is 9.16. The lowest BCUT2D eigenvalue weighted by molar-refractivity contribution is -0.138. The van der Waals surface area contributed by atoms with Gasteiger partial charge in [0, 0.05) is 22.1 Å². The van der Waals surface area contributed by atoms with E-state index in [-0.39, 0.29) is 0 Å². The van der Waals surface area contributed by atoms with Gasteiger partial charge in [0.2, 0.25) is 0 Å². The number of hydrogen-bond donors (Lipinski definition) is 2. The van der Waals surface area contributed by atoms with Crippen molar-refractivity contribution in [1.29, 1.82) is 0 Å². The van der Waals surface area contributed by atoms with Crippen molar-refractivity contribution in [2.75, 3.05) is 5.75 Å².